The molecule has 146 valence electrons. The van der Waals surface area contributed by atoms with Crippen LogP contribution < -0.4 is 10.6 Å². The molecule has 0 saturated heterocycles. The number of aromatic nitrogens is 1. The quantitative estimate of drug-likeness (QED) is 0.431. The standard InChI is InChI=1S/C27H27NS/c1-7-14-24-20(9-3)21(10-4)25(15-8-2)28(24)19(6)18-23-22-16-12-13-17-27(22)29-26(23)11-5/h7-18H,1,4-5H2,2-3,6H3/b15-8-,19-18+,20-9-,24-14+. The van der Waals surface area contributed by atoms with Crippen LogP contribution in [0.2, 0.25) is 0 Å². The summed E-state index contributed by atoms with van der Waals surface area (Å²) in [5, 5.41) is 3.53. The second kappa shape index (κ2) is 8.93. The number of hydrogen-bond donors (Lipinski definition) is 0. The summed E-state index contributed by atoms with van der Waals surface area (Å²) >= 11 is 1.78. The second-order valence-electron chi connectivity index (χ2n) is 6.69. The normalized spacial score (nSPS) is 13.6. The van der Waals surface area contributed by atoms with Crippen molar-refractivity contribution < 1.29 is 0 Å². The fourth-order valence-electron chi connectivity index (χ4n) is 3.80. The van der Waals surface area contributed by atoms with Crippen molar-refractivity contribution in [2.24, 2.45) is 0 Å². The lowest BCUT2D eigenvalue weighted by Gasteiger charge is -2.10. The first-order valence-electron chi connectivity index (χ1n) is 9.72. The monoisotopic (exact) mass is 397 g/mol. The summed E-state index contributed by atoms with van der Waals surface area (Å²) in [5.74, 6) is 0. The summed E-state index contributed by atoms with van der Waals surface area (Å²) in [5.41, 5.74) is 4.60. The fourth-order valence-corrected chi connectivity index (χ4v) is 4.83. The first-order chi connectivity index (χ1) is 14.1. The molecule has 3 rings (SSSR count). The molecule has 0 unspecified atom stereocenters. The smallest absolute Gasteiger partial charge is 0.0534 e. The Hall–Kier alpha value is -3.10. The summed E-state index contributed by atoms with van der Waals surface area (Å²) < 4.78 is 3.56. The molecule has 0 aliphatic heterocycles. The van der Waals surface area contributed by atoms with Crippen molar-refractivity contribution >= 4 is 63.6 Å². The molecule has 0 atom stereocenters. The fraction of sp³-hybridized carbons (Fsp3) is 0.111. The first-order valence-corrected chi connectivity index (χ1v) is 10.5. The molecule has 0 bridgehead atoms. The molecule has 2 heterocycles. The maximum Gasteiger partial charge on any atom is 0.0534 e. The van der Waals surface area contributed by atoms with Crippen LogP contribution in [0, 0.1) is 0 Å². The minimum Gasteiger partial charge on any atom is -0.313 e. The van der Waals surface area contributed by atoms with Gasteiger partial charge in [-0.2, -0.15) is 0 Å². The van der Waals surface area contributed by atoms with Gasteiger partial charge in [-0.25, -0.2) is 0 Å². The highest BCUT2D eigenvalue weighted by molar-refractivity contribution is 7.20. The van der Waals surface area contributed by atoms with Gasteiger partial charge in [-0.05, 0) is 45.1 Å². The van der Waals surface area contributed by atoms with Crippen LogP contribution in [0.3, 0.4) is 0 Å². The molecule has 29 heavy (non-hydrogen) atoms. The molecule has 0 aliphatic rings. The summed E-state index contributed by atoms with van der Waals surface area (Å²) in [7, 11) is 0. The lowest BCUT2D eigenvalue weighted by atomic mass is 10.1. The van der Waals surface area contributed by atoms with E-state index in [0.717, 1.165) is 22.3 Å². The van der Waals surface area contributed by atoms with Crippen molar-refractivity contribution in [3.05, 3.63) is 88.4 Å². The van der Waals surface area contributed by atoms with E-state index < -0.39 is 0 Å². The molecule has 0 aliphatic carbocycles. The van der Waals surface area contributed by atoms with Crippen LogP contribution in [0.25, 0.3) is 52.2 Å². The minimum atomic E-state index is 1.11. The molecule has 1 nitrogen and oxygen atoms in total. The number of allylic oxidation sites excluding steroid dienone is 3. The van der Waals surface area contributed by atoms with Crippen LogP contribution in [0.15, 0.2) is 56.2 Å². The van der Waals surface area contributed by atoms with E-state index in [9.17, 15) is 0 Å². The molecular weight excluding hydrogens is 370 g/mol. The van der Waals surface area contributed by atoms with Gasteiger partial charge in [-0.1, -0.05) is 68.3 Å². The molecule has 0 amide bonds. The average Bonchev–Trinajstić information content (AvgIpc) is 3.23. The number of fused-ring (bicyclic) bond motifs is 1. The topological polar surface area (TPSA) is 4.93 Å². The van der Waals surface area contributed by atoms with E-state index in [1.54, 1.807) is 11.3 Å². The van der Waals surface area contributed by atoms with Gasteiger partial charge in [0.05, 0.1) is 11.0 Å². The molecule has 0 radical (unpaired) electrons. The number of rotatable bonds is 6. The Bertz CT molecular complexity index is 1270. The molecule has 2 heteroatoms. The van der Waals surface area contributed by atoms with Crippen molar-refractivity contribution in [3.63, 3.8) is 0 Å². The van der Waals surface area contributed by atoms with Gasteiger partial charge in [-0.15, -0.1) is 11.3 Å². The van der Waals surface area contributed by atoms with E-state index in [1.807, 2.05) is 25.2 Å². The van der Waals surface area contributed by atoms with Crippen molar-refractivity contribution in [1.29, 1.82) is 0 Å². The Morgan fingerprint density at radius 3 is 2.41 bits per heavy atom. The van der Waals surface area contributed by atoms with Gasteiger partial charge in [-0.3, -0.25) is 0 Å². The largest absolute Gasteiger partial charge is 0.313 e. The predicted molar refractivity (Wildman–Crippen MR) is 135 cm³/mol. The highest BCUT2D eigenvalue weighted by Gasteiger charge is 2.13. The van der Waals surface area contributed by atoms with Crippen LogP contribution in [0.5, 0.6) is 0 Å². The Kier molecular flexibility index (Phi) is 6.36. The van der Waals surface area contributed by atoms with Crippen LogP contribution in [0.1, 0.15) is 42.5 Å². The Morgan fingerprint density at radius 2 is 1.79 bits per heavy atom. The molecule has 0 spiro atoms. The van der Waals surface area contributed by atoms with Gasteiger partial charge in [0.1, 0.15) is 0 Å². The molecular formula is C27H27NS. The number of benzene rings is 1. The van der Waals surface area contributed by atoms with Crippen molar-refractivity contribution in [1.82, 2.24) is 4.57 Å². The first kappa shape index (κ1) is 20.6. The van der Waals surface area contributed by atoms with E-state index in [0.29, 0.717) is 0 Å². The molecule has 0 N–H and O–H groups in total. The third-order valence-corrected chi connectivity index (χ3v) is 6.15. The van der Waals surface area contributed by atoms with Gasteiger partial charge in [0, 0.05) is 37.0 Å². The van der Waals surface area contributed by atoms with Gasteiger partial charge in [0.25, 0.3) is 0 Å². The molecule has 2 aromatic heterocycles. The average molecular weight is 398 g/mol. The third kappa shape index (κ3) is 3.64. The van der Waals surface area contributed by atoms with E-state index in [4.69, 9.17) is 0 Å². The zero-order valence-corrected chi connectivity index (χ0v) is 18.2. The number of thiophene rings is 1. The third-order valence-electron chi connectivity index (χ3n) is 4.97. The van der Waals surface area contributed by atoms with Gasteiger partial charge in [0.2, 0.25) is 0 Å². The van der Waals surface area contributed by atoms with Crippen LogP contribution in [-0.2, 0) is 0 Å². The van der Waals surface area contributed by atoms with Crippen LogP contribution >= 0.6 is 11.3 Å². The summed E-state index contributed by atoms with van der Waals surface area (Å²) in [6, 6.07) is 8.51. The van der Waals surface area contributed by atoms with E-state index in [2.05, 4.69) is 92.8 Å². The Morgan fingerprint density at radius 1 is 1.03 bits per heavy atom. The Labute approximate surface area is 177 Å². The van der Waals surface area contributed by atoms with Gasteiger partial charge in [0.15, 0.2) is 0 Å². The number of nitrogens with zero attached hydrogens (tertiary/aromatic N) is 1. The molecule has 0 saturated carbocycles. The van der Waals surface area contributed by atoms with Gasteiger partial charge >= 0.3 is 0 Å². The maximum absolute atomic E-state index is 4.06. The lowest BCUT2D eigenvalue weighted by molar-refractivity contribution is 1.04. The summed E-state index contributed by atoms with van der Waals surface area (Å²) in [4.78, 5) is 1.19. The van der Waals surface area contributed by atoms with E-state index >= 15 is 0 Å². The Balaban J connectivity index is 2.42. The molecule has 1 aromatic carbocycles. The van der Waals surface area contributed by atoms with E-state index in [-0.39, 0.29) is 0 Å². The lowest BCUT2D eigenvalue weighted by Crippen LogP contribution is -2.29. The highest BCUT2D eigenvalue weighted by atomic mass is 32.1. The highest BCUT2D eigenvalue weighted by Crippen LogP contribution is 2.34. The second-order valence-corrected chi connectivity index (χ2v) is 7.78. The predicted octanol–water partition coefficient (Wildman–Crippen LogP) is 6.81. The molecule has 0 fully saturated rings. The van der Waals surface area contributed by atoms with Gasteiger partial charge < -0.3 is 4.57 Å². The van der Waals surface area contributed by atoms with Crippen molar-refractivity contribution in [2.45, 2.75) is 20.8 Å². The minimum absolute atomic E-state index is 1.11. The van der Waals surface area contributed by atoms with E-state index in [1.165, 1.54) is 25.7 Å². The van der Waals surface area contributed by atoms with Crippen LogP contribution in [0.4, 0.5) is 0 Å². The molecule has 3 aromatic rings. The van der Waals surface area contributed by atoms with Crippen LogP contribution in [-0.4, -0.2) is 4.57 Å². The zero-order chi connectivity index (χ0) is 21.0. The zero-order valence-electron chi connectivity index (χ0n) is 17.4. The summed E-state index contributed by atoms with van der Waals surface area (Å²) in [6.45, 7) is 18.3. The summed E-state index contributed by atoms with van der Waals surface area (Å²) in [6.07, 6.45) is 16.4. The van der Waals surface area contributed by atoms with Crippen molar-refractivity contribution in [3.8, 4) is 0 Å². The maximum atomic E-state index is 4.06. The number of hydrogen-bond acceptors (Lipinski definition) is 1. The SMILES string of the molecule is C=C/C=c1\c(=C/C)c(C=C)c(/C=C\C)n1/C(C)=C/c1c(C=C)sc2ccccc12. The van der Waals surface area contributed by atoms with Crippen molar-refractivity contribution in [2.75, 3.05) is 0 Å².